The Kier molecular flexibility index (Phi) is 15.6. The summed E-state index contributed by atoms with van der Waals surface area (Å²) in [7, 11) is 0. The molecular formula is C15H24Na2O6. The summed E-state index contributed by atoms with van der Waals surface area (Å²) in [5, 5.41) is 31.5. The Bertz CT molecular complexity index is 385. The molecule has 6 nitrogen and oxygen atoms in total. The van der Waals surface area contributed by atoms with E-state index in [0.717, 1.165) is 0 Å². The van der Waals surface area contributed by atoms with Gasteiger partial charge in [0.2, 0.25) is 0 Å². The summed E-state index contributed by atoms with van der Waals surface area (Å²) < 4.78 is 0. The molecule has 1 unspecified atom stereocenters. The molecule has 122 valence electrons. The quantitative estimate of drug-likeness (QED) is 0.226. The number of carboxylic acids is 3. The fourth-order valence-corrected chi connectivity index (χ4v) is 2.95. The van der Waals surface area contributed by atoms with Gasteiger partial charge in [0.25, 0.3) is 0 Å². The van der Waals surface area contributed by atoms with Crippen LogP contribution >= 0.6 is 0 Å². The Morgan fingerprint density at radius 2 is 1.39 bits per heavy atom. The molecule has 0 fully saturated rings. The van der Waals surface area contributed by atoms with Crippen molar-refractivity contribution in [2.24, 2.45) is 10.8 Å². The van der Waals surface area contributed by atoms with Gasteiger partial charge in [0.05, 0.1) is 17.4 Å². The maximum absolute atomic E-state index is 11.5. The van der Waals surface area contributed by atoms with Crippen molar-refractivity contribution in [2.45, 2.75) is 65.7 Å². The molecule has 0 bridgehead atoms. The molecule has 0 saturated heterocycles. The Balaban J connectivity index is -0.00000200. The third-order valence-corrected chi connectivity index (χ3v) is 4.66. The molecule has 0 aromatic rings. The van der Waals surface area contributed by atoms with Gasteiger partial charge in [-0.1, -0.05) is 33.6 Å². The summed E-state index contributed by atoms with van der Waals surface area (Å²) in [4.78, 5) is 33.4. The van der Waals surface area contributed by atoms with Crippen LogP contribution in [0.25, 0.3) is 0 Å². The maximum atomic E-state index is 11.5. The summed E-state index contributed by atoms with van der Waals surface area (Å²) >= 11 is 0. The number of rotatable bonds is 11. The molecule has 0 radical (unpaired) electrons. The fourth-order valence-electron chi connectivity index (χ4n) is 2.95. The summed E-state index contributed by atoms with van der Waals surface area (Å²) in [6.45, 7) is 4.87. The molecule has 0 aromatic carbocycles. The topological polar surface area (TPSA) is 118 Å². The van der Waals surface area contributed by atoms with E-state index in [9.17, 15) is 24.6 Å². The Morgan fingerprint density at radius 1 is 0.913 bits per heavy atom. The molecule has 0 aliphatic rings. The van der Waals surface area contributed by atoms with Crippen molar-refractivity contribution >= 4 is 17.9 Å². The second-order valence-electron chi connectivity index (χ2n) is 5.70. The van der Waals surface area contributed by atoms with Crippen molar-refractivity contribution in [3.63, 3.8) is 0 Å². The van der Waals surface area contributed by atoms with Gasteiger partial charge in [-0.2, -0.15) is 0 Å². The van der Waals surface area contributed by atoms with Crippen LogP contribution in [0.1, 0.15) is 65.7 Å². The predicted molar refractivity (Wildman–Crippen MR) is 71.9 cm³/mol. The number of carbonyl (C=O) groups excluding carboxylic acids is 2. The van der Waals surface area contributed by atoms with Gasteiger partial charge in [0.15, 0.2) is 0 Å². The minimum absolute atomic E-state index is 0. The summed E-state index contributed by atoms with van der Waals surface area (Å²) in [6.07, 6.45) is 2.37. The second-order valence-corrected chi connectivity index (χ2v) is 5.70. The van der Waals surface area contributed by atoms with Crippen molar-refractivity contribution in [1.29, 1.82) is 0 Å². The van der Waals surface area contributed by atoms with Gasteiger partial charge in [-0.15, -0.1) is 0 Å². The summed E-state index contributed by atoms with van der Waals surface area (Å²) in [5.41, 5.74) is -3.00. The first-order valence-corrected chi connectivity index (χ1v) is 7.32. The van der Waals surface area contributed by atoms with Crippen molar-refractivity contribution in [3.8, 4) is 0 Å². The van der Waals surface area contributed by atoms with Gasteiger partial charge in [-0.05, 0) is 31.1 Å². The van der Waals surface area contributed by atoms with E-state index in [0.29, 0.717) is 32.1 Å². The van der Waals surface area contributed by atoms with Gasteiger partial charge in [0.1, 0.15) is 0 Å². The number of aliphatic carboxylic acids is 3. The molecule has 0 aliphatic heterocycles. The SMILES string of the molecule is CCC(C)(CCCCCC(=O)O)C(CC)(C(=O)[O-])C(=O)[O-].[Na+].[Na+]. The third kappa shape index (κ3) is 7.04. The molecule has 0 aliphatic carbocycles. The standard InChI is InChI=1S/C15H26O6.2Na/c1-4-14(3,10-8-6-7-9-11(16)17)15(5-2,12(18)19)13(20)21;;/h4-10H2,1-3H3,(H,16,17)(H,18,19)(H,20,21);;/q;2*+1/p-2. The van der Waals surface area contributed by atoms with Crippen LogP contribution in [0.4, 0.5) is 0 Å². The number of hydrogen-bond acceptors (Lipinski definition) is 5. The minimum atomic E-state index is -2.02. The molecule has 1 N–H and O–H groups in total. The monoisotopic (exact) mass is 346 g/mol. The van der Waals surface area contributed by atoms with Crippen molar-refractivity contribution in [3.05, 3.63) is 0 Å². The molecule has 8 heteroatoms. The molecule has 23 heavy (non-hydrogen) atoms. The largest absolute Gasteiger partial charge is 1.00 e. The average Bonchev–Trinajstić information content (AvgIpc) is 2.38. The first-order valence-electron chi connectivity index (χ1n) is 7.32. The molecule has 1 atom stereocenters. The van der Waals surface area contributed by atoms with Crippen LogP contribution in [0, 0.1) is 10.8 Å². The van der Waals surface area contributed by atoms with Crippen LogP contribution in [-0.2, 0) is 14.4 Å². The Hall–Kier alpha value is 0.410. The van der Waals surface area contributed by atoms with Gasteiger partial charge < -0.3 is 24.9 Å². The van der Waals surface area contributed by atoms with Gasteiger partial charge in [0, 0.05) is 6.42 Å². The van der Waals surface area contributed by atoms with Crippen LogP contribution in [0.3, 0.4) is 0 Å². The molecule has 0 rings (SSSR count). The maximum Gasteiger partial charge on any atom is 1.00 e. The van der Waals surface area contributed by atoms with Crippen LogP contribution in [0.2, 0.25) is 0 Å². The summed E-state index contributed by atoms with van der Waals surface area (Å²) in [5.74, 6) is -4.10. The van der Waals surface area contributed by atoms with Crippen molar-refractivity contribution in [2.75, 3.05) is 0 Å². The normalized spacial score (nSPS) is 13.2. The van der Waals surface area contributed by atoms with Crippen LogP contribution in [0.5, 0.6) is 0 Å². The predicted octanol–water partition coefficient (Wildman–Crippen LogP) is -5.66. The van der Waals surface area contributed by atoms with E-state index in [1.807, 2.05) is 0 Å². The molecule has 0 aromatic heterocycles. The Morgan fingerprint density at radius 3 is 1.70 bits per heavy atom. The van der Waals surface area contributed by atoms with E-state index in [4.69, 9.17) is 5.11 Å². The van der Waals surface area contributed by atoms with Crippen LogP contribution in [0.15, 0.2) is 0 Å². The first-order chi connectivity index (χ1) is 9.67. The fraction of sp³-hybridized carbons (Fsp3) is 0.800. The number of hydrogen-bond donors (Lipinski definition) is 1. The smallest absolute Gasteiger partial charge is 0.549 e. The number of carbonyl (C=O) groups is 3. The Labute approximate surface area is 182 Å². The van der Waals surface area contributed by atoms with Crippen molar-refractivity contribution < 1.29 is 88.8 Å². The van der Waals surface area contributed by atoms with E-state index >= 15 is 0 Å². The van der Waals surface area contributed by atoms with Gasteiger partial charge >= 0.3 is 65.1 Å². The first kappa shape index (κ1) is 28.2. The summed E-state index contributed by atoms with van der Waals surface area (Å²) in [6, 6.07) is 0. The third-order valence-electron chi connectivity index (χ3n) is 4.66. The average molecular weight is 346 g/mol. The van der Waals surface area contributed by atoms with Crippen LogP contribution in [-0.4, -0.2) is 23.0 Å². The number of carboxylic acid groups (broad SMARTS) is 3. The van der Waals surface area contributed by atoms with Crippen LogP contribution < -0.4 is 69.3 Å². The zero-order valence-electron chi connectivity index (χ0n) is 14.9. The number of unbranched alkanes of at least 4 members (excludes halogenated alkanes) is 2. The van der Waals surface area contributed by atoms with E-state index in [-0.39, 0.29) is 72.0 Å². The van der Waals surface area contributed by atoms with Gasteiger partial charge in [-0.3, -0.25) is 4.79 Å². The van der Waals surface area contributed by atoms with E-state index in [1.165, 1.54) is 6.92 Å². The van der Waals surface area contributed by atoms with Crippen molar-refractivity contribution in [1.82, 2.24) is 0 Å². The molecular weight excluding hydrogens is 322 g/mol. The van der Waals surface area contributed by atoms with Gasteiger partial charge in [-0.25, -0.2) is 0 Å². The molecule has 0 saturated carbocycles. The molecule has 0 heterocycles. The second kappa shape index (κ2) is 12.7. The van der Waals surface area contributed by atoms with E-state index in [1.54, 1.807) is 13.8 Å². The van der Waals surface area contributed by atoms with E-state index < -0.39 is 28.7 Å². The zero-order valence-corrected chi connectivity index (χ0v) is 18.9. The zero-order chi connectivity index (χ0) is 16.7. The van der Waals surface area contributed by atoms with E-state index in [2.05, 4.69) is 0 Å². The molecule has 0 spiro atoms. The minimum Gasteiger partial charge on any atom is -0.549 e. The molecule has 0 amide bonds.